The van der Waals surface area contributed by atoms with Crippen LogP contribution in [0.25, 0.3) is 0 Å². The van der Waals surface area contributed by atoms with Crippen LogP contribution in [-0.2, 0) is 0 Å². The van der Waals surface area contributed by atoms with Crippen molar-refractivity contribution in [1.82, 2.24) is 4.98 Å². The third-order valence-corrected chi connectivity index (χ3v) is 5.51. The minimum Gasteiger partial charge on any atom is -0.260 e. The summed E-state index contributed by atoms with van der Waals surface area (Å²) in [6, 6.07) is 18.4. The zero-order chi connectivity index (χ0) is 18.2. The van der Waals surface area contributed by atoms with E-state index in [1.54, 1.807) is 35.9 Å². The summed E-state index contributed by atoms with van der Waals surface area (Å²) in [6.45, 7) is 4.19. The lowest BCUT2D eigenvalue weighted by molar-refractivity contribution is 1.29. The molecule has 26 heavy (non-hydrogen) atoms. The average Bonchev–Trinajstić information content (AvgIpc) is 2.65. The number of aliphatic imine (C=N–C) groups is 2. The van der Waals surface area contributed by atoms with Gasteiger partial charge in [-0.15, -0.1) is 0 Å². The molecule has 0 aliphatic carbocycles. The molecule has 0 spiro atoms. The molecule has 0 aliphatic heterocycles. The molecule has 3 rings (SSSR count). The van der Waals surface area contributed by atoms with Crippen molar-refractivity contribution in [3.05, 3.63) is 78.1 Å². The smallest absolute Gasteiger partial charge is 0.0840 e. The zero-order valence-corrected chi connectivity index (χ0v) is 16.3. The maximum atomic E-state index is 4.48. The number of aromatic nitrogens is 1. The van der Waals surface area contributed by atoms with Gasteiger partial charge in [-0.05, 0) is 43.2 Å². The Hall–Kier alpha value is -2.37. The van der Waals surface area contributed by atoms with Crippen LogP contribution in [-0.4, -0.2) is 16.1 Å². The molecule has 3 nitrogen and oxygen atoms in total. The number of pyridine rings is 1. The molecule has 0 unspecified atom stereocenters. The van der Waals surface area contributed by atoms with E-state index in [0.717, 1.165) is 11.4 Å². The summed E-state index contributed by atoms with van der Waals surface area (Å²) < 4.78 is 0. The molecule has 2 aromatic carbocycles. The van der Waals surface area contributed by atoms with Crippen molar-refractivity contribution in [2.45, 2.75) is 23.6 Å². The highest BCUT2D eigenvalue weighted by molar-refractivity contribution is 8.12. The van der Waals surface area contributed by atoms with Crippen LogP contribution < -0.4 is 0 Å². The molecular weight excluding hydrogens is 358 g/mol. The van der Waals surface area contributed by atoms with E-state index in [-0.39, 0.29) is 0 Å². The molecule has 0 aliphatic rings. The minimum atomic E-state index is 0.793. The summed E-state index contributed by atoms with van der Waals surface area (Å²) in [7, 11) is 0. The standard InChI is InChI=1S/C21H19N3S2/c1-16-7-3-5-9-20(16)25-14-23-18-11-19(13-22-12-18)24-15-26-21-10-6-4-8-17(21)2/h3-15H,1-2H3. The van der Waals surface area contributed by atoms with E-state index >= 15 is 0 Å². The second kappa shape index (κ2) is 9.36. The van der Waals surface area contributed by atoms with Gasteiger partial charge in [0.05, 0.1) is 34.9 Å². The fourth-order valence-corrected chi connectivity index (χ4v) is 3.62. The first-order valence-electron chi connectivity index (χ1n) is 8.17. The van der Waals surface area contributed by atoms with Crippen LogP contribution in [0, 0.1) is 13.8 Å². The van der Waals surface area contributed by atoms with Gasteiger partial charge in [0.2, 0.25) is 0 Å². The Kier molecular flexibility index (Phi) is 6.63. The zero-order valence-electron chi connectivity index (χ0n) is 14.7. The molecule has 1 aromatic heterocycles. The lowest BCUT2D eigenvalue weighted by Gasteiger charge is -2.01. The molecule has 0 fully saturated rings. The van der Waals surface area contributed by atoms with Gasteiger partial charge in [-0.1, -0.05) is 59.9 Å². The first-order chi connectivity index (χ1) is 12.7. The lowest BCUT2D eigenvalue weighted by atomic mass is 10.2. The van der Waals surface area contributed by atoms with Crippen LogP contribution >= 0.6 is 23.5 Å². The quantitative estimate of drug-likeness (QED) is 0.276. The first kappa shape index (κ1) is 18.4. The molecule has 0 radical (unpaired) electrons. The minimum absolute atomic E-state index is 0.793. The number of benzene rings is 2. The van der Waals surface area contributed by atoms with Crippen molar-refractivity contribution in [2.75, 3.05) is 0 Å². The number of nitrogens with zero attached hydrogens (tertiary/aromatic N) is 3. The Morgan fingerprint density at radius 2 is 1.19 bits per heavy atom. The average molecular weight is 378 g/mol. The first-order valence-corrected chi connectivity index (χ1v) is 9.93. The second-order valence-corrected chi connectivity index (χ2v) is 7.41. The van der Waals surface area contributed by atoms with E-state index in [2.05, 4.69) is 53.1 Å². The maximum absolute atomic E-state index is 4.48. The number of thioether (sulfide) groups is 2. The van der Waals surface area contributed by atoms with E-state index in [9.17, 15) is 0 Å². The van der Waals surface area contributed by atoms with Crippen LogP contribution in [0.5, 0.6) is 0 Å². The van der Waals surface area contributed by atoms with Gasteiger partial charge < -0.3 is 0 Å². The summed E-state index contributed by atoms with van der Waals surface area (Å²) in [4.78, 5) is 15.6. The number of hydrogen-bond acceptors (Lipinski definition) is 5. The number of hydrogen-bond donors (Lipinski definition) is 0. The molecule has 5 heteroatoms. The Balaban J connectivity index is 1.63. The van der Waals surface area contributed by atoms with Crippen LogP contribution in [0.15, 0.2) is 86.8 Å². The molecule has 3 aromatic rings. The predicted octanol–water partition coefficient (Wildman–Crippen LogP) is 6.60. The fraction of sp³-hybridized carbons (Fsp3) is 0.0952. The monoisotopic (exact) mass is 377 g/mol. The largest absolute Gasteiger partial charge is 0.260 e. The normalized spacial score (nSPS) is 11.5. The SMILES string of the molecule is Cc1ccccc1SC=Nc1cncc(N=CSc2ccccc2C)c1. The Bertz CT molecular complexity index is 863. The van der Waals surface area contributed by atoms with Gasteiger partial charge in [0.15, 0.2) is 0 Å². The molecule has 0 bridgehead atoms. The van der Waals surface area contributed by atoms with Gasteiger partial charge in [-0.25, -0.2) is 9.98 Å². The Labute approximate surface area is 162 Å². The topological polar surface area (TPSA) is 37.6 Å². The number of aryl methyl sites for hydroxylation is 2. The van der Waals surface area contributed by atoms with Gasteiger partial charge in [-0.3, -0.25) is 4.98 Å². The van der Waals surface area contributed by atoms with Crippen LogP contribution in [0.1, 0.15) is 11.1 Å². The number of rotatable bonds is 6. The highest BCUT2D eigenvalue weighted by atomic mass is 32.2. The third kappa shape index (κ3) is 5.31. The summed E-state index contributed by atoms with van der Waals surface area (Å²) in [5, 5.41) is 0. The van der Waals surface area contributed by atoms with Gasteiger partial charge in [-0.2, -0.15) is 0 Å². The summed E-state index contributed by atoms with van der Waals surface area (Å²) in [5.74, 6) is 0. The van der Waals surface area contributed by atoms with Gasteiger partial charge in [0, 0.05) is 9.79 Å². The fourth-order valence-electron chi connectivity index (χ4n) is 2.22. The van der Waals surface area contributed by atoms with Crippen molar-refractivity contribution in [2.24, 2.45) is 9.98 Å². The summed E-state index contributed by atoms with van der Waals surface area (Å²) in [5.41, 5.74) is 7.76. The van der Waals surface area contributed by atoms with Gasteiger partial charge in [0.25, 0.3) is 0 Å². The molecule has 0 N–H and O–H groups in total. The van der Waals surface area contributed by atoms with E-state index in [1.165, 1.54) is 20.9 Å². The van der Waals surface area contributed by atoms with Crippen LogP contribution in [0.2, 0.25) is 0 Å². The lowest BCUT2D eigenvalue weighted by Crippen LogP contribution is -1.78. The molecular formula is C21H19N3S2. The maximum Gasteiger partial charge on any atom is 0.0840 e. The highest BCUT2D eigenvalue weighted by Gasteiger charge is 1.97. The van der Waals surface area contributed by atoms with E-state index in [0.29, 0.717) is 0 Å². The van der Waals surface area contributed by atoms with E-state index in [4.69, 9.17) is 0 Å². The molecule has 1 heterocycles. The molecule has 130 valence electrons. The van der Waals surface area contributed by atoms with Crippen LogP contribution in [0.4, 0.5) is 11.4 Å². The highest BCUT2D eigenvalue weighted by Crippen LogP contribution is 2.24. The van der Waals surface area contributed by atoms with Crippen LogP contribution in [0.3, 0.4) is 0 Å². The molecule has 0 saturated heterocycles. The molecule has 0 saturated carbocycles. The van der Waals surface area contributed by atoms with Crippen molar-refractivity contribution in [1.29, 1.82) is 0 Å². The van der Waals surface area contributed by atoms with Crippen molar-refractivity contribution in [3.8, 4) is 0 Å². The summed E-state index contributed by atoms with van der Waals surface area (Å²) >= 11 is 3.20. The van der Waals surface area contributed by atoms with Gasteiger partial charge in [0.1, 0.15) is 0 Å². The Morgan fingerprint density at radius 3 is 1.65 bits per heavy atom. The third-order valence-electron chi connectivity index (χ3n) is 3.66. The van der Waals surface area contributed by atoms with Gasteiger partial charge >= 0.3 is 0 Å². The van der Waals surface area contributed by atoms with Crippen molar-refractivity contribution < 1.29 is 0 Å². The van der Waals surface area contributed by atoms with E-state index < -0.39 is 0 Å². The van der Waals surface area contributed by atoms with E-state index in [1.807, 2.05) is 41.4 Å². The summed E-state index contributed by atoms with van der Waals surface area (Å²) in [6.07, 6.45) is 3.48. The van der Waals surface area contributed by atoms with Crippen molar-refractivity contribution in [3.63, 3.8) is 0 Å². The Morgan fingerprint density at radius 1 is 0.731 bits per heavy atom. The second-order valence-electron chi connectivity index (χ2n) is 5.64. The molecule has 0 amide bonds. The molecule has 0 atom stereocenters. The van der Waals surface area contributed by atoms with Crippen molar-refractivity contribution >= 4 is 46.0 Å². The predicted molar refractivity (Wildman–Crippen MR) is 115 cm³/mol.